The number of aromatic nitrogens is 1. The number of carbonyl (C=O) groups excluding carboxylic acids is 2. The molecule has 0 radical (unpaired) electrons. The van der Waals surface area contributed by atoms with Crippen molar-refractivity contribution < 1.29 is 31.9 Å². The molecule has 0 saturated carbocycles. The third-order valence-corrected chi connectivity index (χ3v) is 9.93. The Balaban J connectivity index is 1.30. The van der Waals surface area contributed by atoms with Crippen molar-refractivity contribution in [1.29, 1.82) is 0 Å². The Labute approximate surface area is 235 Å². The van der Waals surface area contributed by atoms with E-state index in [4.69, 9.17) is 9.47 Å². The van der Waals surface area contributed by atoms with Crippen molar-refractivity contribution in [1.82, 2.24) is 9.29 Å². The van der Waals surface area contributed by atoms with Crippen molar-refractivity contribution in [2.24, 2.45) is 0 Å². The molecular weight excluding hydrogens is 559 g/mol. The fourth-order valence-electron chi connectivity index (χ4n) is 4.71. The maximum Gasteiger partial charge on any atom is 0.337 e. The van der Waals surface area contributed by atoms with Crippen LogP contribution >= 0.6 is 11.8 Å². The largest absolute Gasteiger partial charge is 0.496 e. The van der Waals surface area contributed by atoms with Crippen LogP contribution in [0.3, 0.4) is 0 Å². The molecule has 2 aliphatic heterocycles. The molecule has 210 valence electrons. The van der Waals surface area contributed by atoms with Gasteiger partial charge in [0, 0.05) is 31.7 Å². The first kappa shape index (κ1) is 27.9. The molecule has 0 bridgehead atoms. The average Bonchev–Trinajstić information content (AvgIpc) is 3.37. The fraction of sp³-hybridized carbons (Fsp3) is 0.296. The maximum absolute atomic E-state index is 13.2. The standard InChI is InChI=1S/C27H27FN4O6S2/c1-37-23-15-18(27(34)38-2)3-9-22(23)26-32(25(33)17-39-26)24-10-6-20(16-29-24)30-11-13-31(14-12-30)40(35,36)21-7-4-19(28)5-8-21/h3-10,15-16,26H,11-14,17H2,1-2H3. The van der Waals surface area contributed by atoms with Gasteiger partial charge in [0.15, 0.2) is 0 Å². The highest BCUT2D eigenvalue weighted by Crippen LogP contribution is 2.44. The van der Waals surface area contributed by atoms with E-state index in [1.165, 1.54) is 42.4 Å². The minimum atomic E-state index is -3.71. The van der Waals surface area contributed by atoms with Crippen LogP contribution in [0.1, 0.15) is 21.3 Å². The lowest BCUT2D eigenvalue weighted by Crippen LogP contribution is -2.48. The molecule has 0 N–H and O–H groups in total. The smallest absolute Gasteiger partial charge is 0.337 e. The molecule has 3 heterocycles. The zero-order valence-electron chi connectivity index (χ0n) is 21.8. The van der Waals surface area contributed by atoms with Gasteiger partial charge in [-0.15, -0.1) is 11.8 Å². The van der Waals surface area contributed by atoms with Crippen molar-refractivity contribution in [2.75, 3.05) is 56.0 Å². The number of carbonyl (C=O) groups is 2. The second kappa shape index (κ2) is 11.4. The number of amides is 1. The number of anilines is 2. The summed E-state index contributed by atoms with van der Waals surface area (Å²) in [5.41, 5.74) is 1.88. The zero-order valence-corrected chi connectivity index (χ0v) is 23.5. The predicted molar refractivity (Wildman–Crippen MR) is 149 cm³/mol. The van der Waals surface area contributed by atoms with Gasteiger partial charge in [0.05, 0.1) is 42.3 Å². The van der Waals surface area contributed by atoms with Crippen LogP contribution in [0, 0.1) is 5.82 Å². The Hall–Kier alpha value is -3.68. The van der Waals surface area contributed by atoms with Crippen LogP contribution in [0.2, 0.25) is 0 Å². The molecule has 13 heteroatoms. The van der Waals surface area contributed by atoms with Gasteiger partial charge in [-0.05, 0) is 48.5 Å². The summed E-state index contributed by atoms with van der Waals surface area (Å²) in [7, 11) is -0.904. The Kier molecular flexibility index (Phi) is 7.97. The predicted octanol–water partition coefficient (Wildman–Crippen LogP) is 3.31. The van der Waals surface area contributed by atoms with E-state index in [1.807, 2.05) is 11.0 Å². The molecule has 2 fully saturated rings. The number of hydrogen-bond donors (Lipinski definition) is 0. The minimum absolute atomic E-state index is 0.0626. The van der Waals surface area contributed by atoms with Crippen LogP contribution in [0.5, 0.6) is 5.75 Å². The molecule has 5 rings (SSSR count). The highest BCUT2D eigenvalue weighted by molar-refractivity contribution is 8.00. The number of thioether (sulfide) groups is 1. The molecule has 2 saturated heterocycles. The highest BCUT2D eigenvalue weighted by Gasteiger charge is 2.37. The van der Waals surface area contributed by atoms with Crippen LogP contribution in [0.25, 0.3) is 0 Å². The van der Waals surface area contributed by atoms with Gasteiger partial charge >= 0.3 is 5.97 Å². The van der Waals surface area contributed by atoms with E-state index >= 15 is 0 Å². The van der Waals surface area contributed by atoms with Gasteiger partial charge in [-0.1, -0.05) is 6.07 Å². The maximum atomic E-state index is 13.2. The molecule has 3 aromatic rings. The van der Waals surface area contributed by atoms with Crippen molar-refractivity contribution in [3.8, 4) is 5.75 Å². The molecule has 10 nitrogen and oxygen atoms in total. The Morgan fingerprint density at radius 3 is 2.38 bits per heavy atom. The average molecular weight is 587 g/mol. The van der Waals surface area contributed by atoms with Gasteiger partial charge in [0.1, 0.15) is 22.8 Å². The zero-order chi connectivity index (χ0) is 28.4. The summed E-state index contributed by atoms with van der Waals surface area (Å²) >= 11 is 1.44. The van der Waals surface area contributed by atoms with Gasteiger partial charge in [0.25, 0.3) is 0 Å². The Bertz CT molecular complexity index is 1510. The number of nitrogens with zero attached hydrogens (tertiary/aromatic N) is 4. The van der Waals surface area contributed by atoms with E-state index in [1.54, 1.807) is 35.4 Å². The van der Waals surface area contributed by atoms with E-state index in [0.717, 1.165) is 23.4 Å². The van der Waals surface area contributed by atoms with Crippen molar-refractivity contribution >= 4 is 45.2 Å². The first-order chi connectivity index (χ1) is 19.2. The van der Waals surface area contributed by atoms with Crippen LogP contribution < -0.4 is 14.5 Å². The number of sulfonamides is 1. The molecular formula is C27H27FN4O6S2. The van der Waals surface area contributed by atoms with E-state index in [9.17, 15) is 22.4 Å². The summed E-state index contributed by atoms with van der Waals surface area (Å²) in [5.74, 6) is 0.124. The number of halogens is 1. The molecule has 40 heavy (non-hydrogen) atoms. The molecule has 1 amide bonds. The third-order valence-electron chi connectivity index (χ3n) is 6.82. The van der Waals surface area contributed by atoms with E-state index < -0.39 is 27.2 Å². The lowest BCUT2D eigenvalue weighted by atomic mass is 10.1. The van der Waals surface area contributed by atoms with Crippen LogP contribution in [0.15, 0.2) is 65.7 Å². The minimum Gasteiger partial charge on any atom is -0.496 e. The molecule has 0 spiro atoms. The molecule has 1 unspecified atom stereocenters. The van der Waals surface area contributed by atoms with Crippen molar-refractivity contribution in [2.45, 2.75) is 10.3 Å². The third kappa shape index (κ3) is 5.36. The van der Waals surface area contributed by atoms with Gasteiger partial charge in [-0.25, -0.2) is 22.6 Å². The SMILES string of the molecule is COC(=O)c1ccc(C2SCC(=O)N2c2ccc(N3CCN(S(=O)(=O)c4ccc(F)cc4)CC3)cn2)c(OC)c1. The quantitative estimate of drug-likeness (QED) is 0.385. The number of methoxy groups -OCH3 is 2. The van der Waals surface area contributed by atoms with E-state index in [0.29, 0.717) is 30.2 Å². The normalized spacial score (nSPS) is 18.2. The number of esters is 1. The lowest BCUT2D eigenvalue weighted by Gasteiger charge is -2.35. The molecule has 2 aromatic carbocycles. The van der Waals surface area contributed by atoms with E-state index in [2.05, 4.69) is 4.98 Å². The van der Waals surface area contributed by atoms with Crippen LogP contribution in [-0.4, -0.2) is 75.7 Å². The van der Waals surface area contributed by atoms with Gasteiger partial charge in [-0.3, -0.25) is 9.69 Å². The first-order valence-electron chi connectivity index (χ1n) is 12.4. The van der Waals surface area contributed by atoms with Gasteiger partial charge < -0.3 is 14.4 Å². The second-order valence-electron chi connectivity index (χ2n) is 9.10. The Morgan fingerprint density at radius 2 is 1.75 bits per heavy atom. The molecule has 0 aliphatic carbocycles. The number of benzene rings is 2. The van der Waals surface area contributed by atoms with Crippen molar-refractivity contribution in [3.05, 3.63) is 77.7 Å². The summed E-state index contributed by atoms with van der Waals surface area (Å²) in [6.45, 7) is 1.44. The Morgan fingerprint density at radius 1 is 1.02 bits per heavy atom. The monoisotopic (exact) mass is 586 g/mol. The molecule has 1 aromatic heterocycles. The summed E-state index contributed by atoms with van der Waals surface area (Å²) in [6, 6.07) is 13.4. The second-order valence-corrected chi connectivity index (χ2v) is 12.1. The number of piperazine rings is 1. The van der Waals surface area contributed by atoms with Gasteiger partial charge in [-0.2, -0.15) is 4.31 Å². The number of ether oxygens (including phenoxy) is 2. The number of pyridine rings is 1. The van der Waals surface area contributed by atoms with Crippen LogP contribution in [-0.2, 0) is 19.6 Å². The fourth-order valence-corrected chi connectivity index (χ4v) is 7.32. The summed E-state index contributed by atoms with van der Waals surface area (Å²) < 4.78 is 50.8. The number of rotatable bonds is 7. The summed E-state index contributed by atoms with van der Waals surface area (Å²) in [6.07, 6.45) is 1.67. The highest BCUT2D eigenvalue weighted by atomic mass is 32.2. The van der Waals surface area contributed by atoms with Crippen LogP contribution in [0.4, 0.5) is 15.9 Å². The first-order valence-corrected chi connectivity index (χ1v) is 14.9. The summed E-state index contributed by atoms with van der Waals surface area (Å²) in [4.78, 5) is 33.1. The van der Waals surface area contributed by atoms with E-state index in [-0.39, 0.29) is 29.6 Å². The van der Waals surface area contributed by atoms with Crippen molar-refractivity contribution in [3.63, 3.8) is 0 Å². The topological polar surface area (TPSA) is 109 Å². The lowest BCUT2D eigenvalue weighted by molar-refractivity contribution is -0.115. The summed E-state index contributed by atoms with van der Waals surface area (Å²) in [5, 5.41) is -0.396. The number of hydrogen-bond acceptors (Lipinski definition) is 9. The van der Waals surface area contributed by atoms with Gasteiger partial charge in [0.2, 0.25) is 15.9 Å². The molecule has 2 aliphatic rings. The molecule has 1 atom stereocenters.